The predicted octanol–water partition coefficient (Wildman–Crippen LogP) is 0.845. The van der Waals surface area contributed by atoms with E-state index in [-0.39, 0.29) is 24.5 Å². The van der Waals surface area contributed by atoms with E-state index < -0.39 is 0 Å². The predicted molar refractivity (Wildman–Crippen MR) is 51.7 cm³/mol. The molecule has 1 heterocycles. The quantitative estimate of drug-likeness (QED) is 0.694. The largest absolute Gasteiger partial charge is 0.394 e. The number of rotatable bonds is 3. The summed E-state index contributed by atoms with van der Waals surface area (Å²) in [5, 5.41) is 9.01. The number of aliphatic hydroxyl groups excluding tert-OH is 1. The van der Waals surface area contributed by atoms with Gasteiger partial charge >= 0.3 is 0 Å². The highest BCUT2D eigenvalue weighted by atomic mass is 35.5. The Hall–Kier alpha value is -0.280. The first kappa shape index (κ1) is 10.8. The zero-order valence-electron chi connectivity index (χ0n) is 7.87. The fourth-order valence-corrected chi connectivity index (χ4v) is 1.80. The molecule has 1 aliphatic heterocycles. The molecular weight excluding hydrogens is 190 g/mol. The first-order chi connectivity index (χ1) is 6.20. The molecule has 1 amide bonds. The summed E-state index contributed by atoms with van der Waals surface area (Å²) in [6.07, 6.45) is 1.91. The highest BCUT2D eigenvalue weighted by Gasteiger charge is 2.30. The summed E-state index contributed by atoms with van der Waals surface area (Å²) < 4.78 is 0. The number of alkyl halides is 1. The van der Waals surface area contributed by atoms with Crippen molar-refractivity contribution in [2.24, 2.45) is 5.92 Å². The fourth-order valence-electron chi connectivity index (χ4n) is 1.66. The van der Waals surface area contributed by atoms with Gasteiger partial charge in [-0.1, -0.05) is 6.92 Å². The Labute approximate surface area is 83.7 Å². The Morgan fingerprint density at radius 1 is 1.77 bits per heavy atom. The van der Waals surface area contributed by atoms with Gasteiger partial charge in [-0.15, -0.1) is 11.6 Å². The van der Waals surface area contributed by atoms with Crippen molar-refractivity contribution in [3.8, 4) is 0 Å². The summed E-state index contributed by atoms with van der Waals surface area (Å²) >= 11 is 5.61. The van der Waals surface area contributed by atoms with Crippen LogP contribution in [0.2, 0.25) is 0 Å². The van der Waals surface area contributed by atoms with Gasteiger partial charge in [0.25, 0.3) is 0 Å². The monoisotopic (exact) mass is 205 g/mol. The molecule has 2 atom stereocenters. The molecule has 0 aliphatic carbocycles. The van der Waals surface area contributed by atoms with Gasteiger partial charge in [0, 0.05) is 18.3 Å². The van der Waals surface area contributed by atoms with Crippen LogP contribution in [0.25, 0.3) is 0 Å². The lowest BCUT2D eigenvalue weighted by molar-refractivity contribution is -0.135. The number of carbonyl (C=O) groups excluding carboxylic acids is 1. The van der Waals surface area contributed by atoms with Crippen molar-refractivity contribution < 1.29 is 9.90 Å². The molecule has 0 aromatic heterocycles. The molecule has 3 nitrogen and oxygen atoms in total. The highest BCUT2D eigenvalue weighted by molar-refractivity contribution is 6.19. The molecule has 76 valence electrons. The third kappa shape index (κ3) is 2.35. The topological polar surface area (TPSA) is 40.5 Å². The van der Waals surface area contributed by atoms with Crippen LogP contribution >= 0.6 is 11.6 Å². The Bertz CT molecular complexity index is 186. The van der Waals surface area contributed by atoms with Crippen LogP contribution in [0.15, 0.2) is 0 Å². The molecule has 1 N–H and O–H groups in total. The summed E-state index contributed by atoms with van der Waals surface area (Å²) in [5.41, 5.74) is 0. The molecule has 0 spiro atoms. The van der Waals surface area contributed by atoms with Gasteiger partial charge in [-0.25, -0.2) is 0 Å². The van der Waals surface area contributed by atoms with Crippen molar-refractivity contribution in [3.63, 3.8) is 0 Å². The lowest BCUT2D eigenvalue weighted by atomic mass is 10.1. The Balaban J connectivity index is 2.54. The van der Waals surface area contributed by atoms with E-state index in [0.717, 1.165) is 19.4 Å². The van der Waals surface area contributed by atoms with Gasteiger partial charge in [0.1, 0.15) is 0 Å². The number of aliphatic hydroxyl groups is 1. The number of carbonyl (C=O) groups is 1. The second-order valence-corrected chi connectivity index (χ2v) is 3.87. The van der Waals surface area contributed by atoms with Gasteiger partial charge in [0.05, 0.1) is 12.6 Å². The SMILES string of the molecule is CC(CCl)C(=O)N1CCCC1CO. The van der Waals surface area contributed by atoms with Crippen LogP contribution in [-0.4, -0.2) is 41.0 Å². The van der Waals surface area contributed by atoms with Crippen molar-refractivity contribution >= 4 is 17.5 Å². The molecule has 0 aromatic rings. The summed E-state index contributed by atoms with van der Waals surface area (Å²) in [4.78, 5) is 13.4. The molecular formula is C9H16ClNO2. The smallest absolute Gasteiger partial charge is 0.226 e. The average Bonchev–Trinajstić information content (AvgIpc) is 2.62. The molecule has 4 heteroatoms. The fraction of sp³-hybridized carbons (Fsp3) is 0.889. The number of nitrogens with zero attached hydrogens (tertiary/aromatic N) is 1. The average molecular weight is 206 g/mol. The van der Waals surface area contributed by atoms with E-state index in [4.69, 9.17) is 16.7 Å². The summed E-state index contributed by atoms with van der Waals surface area (Å²) in [6.45, 7) is 2.66. The van der Waals surface area contributed by atoms with E-state index in [1.807, 2.05) is 6.92 Å². The standard InChI is InChI=1S/C9H16ClNO2/c1-7(5-10)9(13)11-4-2-3-8(11)6-12/h7-8,12H,2-6H2,1H3. The minimum Gasteiger partial charge on any atom is -0.394 e. The van der Waals surface area contributed by atoms with Crippen LogP contribution in [0.1, 0.15) is 19.8 Å². The Kier molecular flexibility index (Phi) is 4.00. The number of hydrogen-bond acceptors (Lipinski definition) is 2. The van der Waals surface area contributed by atoms with E-state index in [0.29, 0.717) is 5.88 Å². The van der Waals surface area contributed by atoms with Crippen molar-refractivity contribution in [1.29, 1.82) is 0 Å². The first-order valence-corrected chi connectivity index (χ1v) is 5.21. The molecule has 2 unspecified atom stereocenters. The third-order valence-electron chi connectivity index (χ3n) is 2.52. The van der Waals surface area contributed by atoms with Crippen molar-refractivity contribution in [2.75, 3.05) is 19.0 Å². The van der Waals surface area contributed by atoms with E-state index >= 15 is 0 Å². The van der Waals surface area contributed by atoms with E-state index in [9.17, 15) is 4.79 Å². The lowest BCUT2D eigenvalue weighted by Crippen LogP contribution is -2.41. The normalized spacial score (nSPS) is 24.8. The van der Waals surface area contributed by atoms with E-state index in [1.54, 1.807) is 4.90 Å². The van der Waals surface area contributed by atoms with Crippen LogP contribution in [0.4, 0.5) is 0 Å². The maximum absolute atomic E-state index is 11.7. The van der Waals surface area contributed by atoms with E-state index in [1.165, 1.54) is 0 Å². The minimum absolute atomic E-state index is 0.0261. The second kappa shape index (κ2) is 4.82. The molecule has 0 radical (unpaired) electrons. The lowest BCUT2D eigenvalue weighted by Gasteiger charge is -2.25. The number of hydrogen-bond donors (Lipinski definition) is 1. The number of likely N-dealkylation sites (tertiary alicyclic amines) is 1. The maximum atomic E-state index is 11.7. The molecule has 0 aromatic carbocycles. The van der Waals surface area contributed by atoms with Crippen LogP contribution in [0, 0.1) is 5.92 Å². The van der Waals surface area contributed by atoms with Crippen molar-refractivity contribution in [2.45, 2.75) is 25.8 Å². The van der Waals surface area contributed by atoms with Gasteiger partial charge in [0.15, 0.2) is 0 Å². The Morgan fingerprint density at radius 2 is 2.46 bits per heavy atom. The molecule has 1 aliphatic rings. The first-order valence-electron chi connectivity index (χ1n) is 4.68. The number of halogens is 1. The van der Waals surface area contributed by atoms with Gasteiger partial charge in [-0.3, -0.25) is 4.79 Å². The van der Waals surface area contributed by atoms with Gasteiger partial charge in [-0.05, 0) is 12.8 Å². The van der Waals surface area contributed by atoms with Crippen LogP contribution in [0.5, 0.6) is 0 Å². The van der Waals surface area contributed by atoms with Gasteiger partial charge in [0.2, 0.25) is 5.91 Å². The molecule has 0 bridgehead atoms. The molecule has 1 saturated heterocycles. The minimum atomic E-state index is -0.131. The summed E-state index contributed by atoms with van der Waals surface area (Å²) in [5.74, 6) is 0.299. The van der Waals surface area contributed by atoms with Gasteiger partial charge in [-0.2, -0.15) is 0 Å². The van der Waals surface area contributed by atoms with Crippen LogP contribution < -0.4 is 0 Å². The van der Waals surface area contributed by atoms with Crippen LogP contribution in [-0.2, 0) is 4.79 Å². The summed E-state index contributed by atoms with van der Waals surface area (Å²) in [7, 11) is 0. The van der Waals surface area contributed by atoms with E-state index in [2.05, 4.69) is 0 Å². The highest BCUT2D eigenvalue weighted by Crippen LogP contribution is 2.19. The Morgan fingerprint density at radius 3 is 3.00 bits per heavy atom. The van der Waals surface area contributed by atoms with Gasteiger partial charge < -0.3 is 10.0 Å². The maximum Gasteiger partial charge on any atom is 0.226 e. The zero-order valence-corrected chi connectivity index (χ0v) is 8.63. The molecule has 1 rings (SSSR count). The van der Waals surface area contributed by atoms with Crippen molar-refractivity contribution in [3.05, 3.63) is 0 Å². The summed E-state index contributed by atoms with van der Waals surface area (Å²) in [6, 6.07) is 0.0261. The number of amides is 1. The molecule has 13 heavy (non-hydrogen) atoms. The van der Waals surface area contributed by atoms with Crippen molar-refractivity contribution in [1.82, 2.24) is 4.90 Å². The molecule has 0 saturated carbocycles. The molecule has 1 fully saturated rings. The zero-order chi connectivity index (χ0) is 9.84. The second-order valence-electron chi connectivity index (χ2n) is 3.57. The third-order valence-corrected chi connectivity index (χ3v) is 2.99. The van der Waals surface area contributed by atoms with Crippen LogP contribution in [0.3, 0.4) is 0 Å².